The fourth-order valence-corrected chi connectivity index (χ4v) is 4.52. The van der Waals surface area contributed by atoms with Crippen molar-refractivity contribution in [2.45, 2.75) is 53.0 Å². The predicted octanol–water partition coefficient (Wildman–Crippen LogP) is 3.91. The summed E-state index contributed by atoms with van der Waals surface area (Å²) in [5.74, 6) is 0.567. The summed E-state index contributed by atoms with van der Waals surface area (Å²) in [6.07, 6.45) is 2.19. The molecule has 1 atom stereocenters. The molecule has 23 heavy (non-hydrogen) atoms. The summed E-state index contributed by atoms with van der Waals surface area (Å²) >= 11 is 1.73. The number of amides is 1. The number of carbonyl (C=O) groups excluding carboxylic acids is 1. The maximum Gasteiger partial charge on any atom is 0.255 e. The molecule has 0 N–H and O–H groups in total. The average Bonchev–Trinajstić information content (AvgIpc) is 3.10. The number of likely N-dealkylation sites (tertiary alicyclic amines) is 1. The first-order chi connectivity index (χ1) is 11.0. The molecule has 4 nitrogen and oxygen atoms in total. The van der Waals surface area contributed by atoms with Gasteiger partial charge in [-0.05, 0) is 46.6 Å². The molecule has 0 unspecified atom stereocenters. The fourth-order valence-electron chi connectivity index (χ4n) is 3.60. The molecule has 0 saturated carbocycles. The van der Waals surface area contributed by atoms with Gasteiger partial charge in [-0.3, -0.25) is 4.79 Å². The molecule has 1 amide bonds. The topological polar surface area (TPSA) is 38.1 Å². The number of nitrogens with zero attached hydrogens (tertiary/aromatic N) is 3. The van der Waals surface area contributed by atoms with E-state index in [1.165, 1.54) is 5.01 Å². The summed E-state index contributed by atoms with van der Waals surface area (Å²) in [5.41, 5.74) is 4.19. The van der Waals surface area contributed by atoms with Crippen LogP contribution in [-0.2, 0) is 6.54 Å². The normalized spacial score (nSPS) is 18.4. The molecule has 0 radical (unpaired) electrons. The van der Waals surface area contributed by atoms with Crippen molar-refractivity contribution in [2.75, 3.05) is 13.1 Å². The molecule has 0 bridgehead atoms. The standard InChI is InChI=1S/C18H25N3OS/c1-5-21-13(3)9-16(14(21)4)18(22)20-8-6-7-15(10-20)17-19-12(2)11-23-17/h9,11,15H,5-8,10H2,1-4H3/t15-/m1/s1. The molecule has 124 valence electrons. The molecule has 0 aromatic carbocycles. The second-order valence-corrected chi connectivity index (χ2v) is 7.34. The zero-order valence-corrected chi connectivity index (χ0v) is 15.2. The molecule has 3 rings (SSSR count). The smallest absolute Gasteiger partial charge is 0.255 e. The van der Waals surface area contributed by atoms with E-state index in [0.29, 0.717) is 5.92 Å². The van der Waals surface area contributed by atoms with E-state index in [-0.39, 0.29) is 5.91 Å². The summed E-state index contributed by atoms with van der Waals surface area (Å²) in [5, 5.41) is 3.28. The molecule has 2 aromatic rings. The Labute approximate surface area is 142 Å². The largest absolute Gasteiger partial charge is 0.349 e. The summed E-state index contributed by atoms with van der Waals surface area (Å²) in [4.78, 5) is 19.6. The third-order valence-corrected chi connectivity index (χ3v) is 5.94. The van der Waals surface area contributed by atoms with Gasteiger partial charge in [-0.1, -0.05) is 0 Å². The number of rotatable bonds is 3. The van der Waals surface area contributed by atoms with Crippen LogP contribution in [0.2, 0.25) is 0 Å². The van der Waals surface area contributed by atoms with Gasteiger partial charge >= 0.3 is 0 Å². The van der Waals surface area contributed by atoms with Crippen molar-refractivity contribution < 1.29 is 4.79 Å². The minimum absolute atomic E-state index is 0.177. The zero-order valence-electron chi connectivity index (χ0n) is 14.4. The van der Waals surface area contributed by atoms with E-state index in [9.17, 15) is 4.79 Å². The van der Waals surface area contributed by atoms with E-state index in [2.05, 4.69) is 35.7 Å². The minimum Gasteiger partial charge on any atom is -0.349 e. The molecule has 1 saturated heterocycles. The van der Waals surface area contributed by atoms with Gasteiger partial charge in [-0.2, -0.15) is 0 Å². The van der Waals surface area contributed by atoms with Gasteiger partial charge < -0.3 is 9.47 Å². The van der Waals surface area contributed by atoms with Crippen molar-refractivity contribution >= 4 is 17.2 Å². The molecule has 5 heteroatoms. The number of aryl methyl sites for hydroxylation is 2. The van der Waals surface area contributed by atoms with Crippen molar-refractivity contribution in [1.82, 2.24) is 14.5 Å². The molecular formula is C18H25N3OS. The van der Waals surface area contributed by atoms with Gasteiger partial charge in [0.1, 0.15) is 0 Å². The number of aromatic nitrogens is 2. The Bertz CT molecular complexity index is 716. The zero-order chi connectivity index (χ0) is 16.6. The van der Waals surface area contributed by atoms with E-state index in [1.807, 2.05) is 17.9 Å². The van der Waals surface area contributed by atoms with E-state index < -0.39 is 0 Å². The molecule has 1 aliphatic rings. The van der Waals surface area contributed by atoms with Crippen molar-refractivity contribution in [3.05, 3.63) is 39.1 Å². The van der Waals surface area contributed by atoms with E-state index in [0.717, 1.165) is 55.1 Å². The molecule has 1 fully saturated rings. The summed E-state index contributed by atoms with van der Waals surface area (Å²) in [6, 6.07) is 2.04. The summed E-state index contributed by atoms with van der Waals surface area (Å²) in [6.45, 7) is 10.8. The summed E-state index contributed by atoms with van der Waals surface area (Å²) in [7, 11) is 0. The maximum absolute atomic E-state index is 13.0. The lowest BCUT2D eigenvalue weighted by Gasteiger charge is -2.32. The van der Waals surface area contributed by atoms with Crippen LogP contribution in [0.15, 0.2) is 11.4 Å². The van der Waals surface area contributed by atoms with Gasteiger partial charge in [0.25, 0.3) is 5.91 Å². The van der Waals surface area contributed by atoms with Crippen molar-refractivity contribution in [2.24, 2.45) is 0 Å². The molecule has 0 spiro atoms. The van der Waals surface area contributed by atoms with Crippen LogP contribution in [0.4, 0.5) is 0 Å². The average molecular weight is 331 g/mol. The second-order valence-electron chi connectivity index (χ2n) is 6.45. The highest BCUT2D eigenvalue weighted by molar-refractivity contribution is 7.09. The third kappa shape index (κ3) is 3.07. The maximum atomic E-state index is 13.0. The molecule has 3 heterocycles. The Morgan fingerprint density at radius 2 is 2.17 bits per heavy atom. The Morgan fingerprint density at radius 1 is 1.39 bits per heavy atom. The first kappa shape index (κ1) is 16.2. The van der Waals surface area contributed by atoms with Gasteiger partial charge in [0.15, 0.2) is 0 Å². The van der Waals surface area contributed by atoms with Crippen LogP contribution in [0, 0.1) is 20.8 Å². The number of carbonyl (C=O) groups is 1. The van der Waals surface area contributed by atoms with Crippen LogP contribution in [-0.4, -0.2) is 33.4 Å². The highest BCUT2D eigenvalue weighted by Crippen LogP contribution is 2.30. The van der Waals surface area contributed by atoms with Crippen LogP contribution < -0.4 is 0 Å². The number of thiazole rings is 1. The van der Waals surface area contributed by atoms with Gasteiger partial charge in [-0.25, -0.2) is 4.98 Å². The van der Waals surface area contributed by atoms with Gasteiger partial charge in [-0.15, -0.1) is 11.3 Å². The van der Waals surface area contributed by atoms with E-state index >= 15 is 0 Å². The monoisotopic (exact) mass is 331 g/mol. The molecule has 1 aliphatic heterocycles. The first-order valence-corrected chi connectivity index (χ1v) is 9.27. The van der Waals surface area contributed by atoms with E-state index in [4.69, 9.17) is 0 Å². The quantitative estimate of drug-likeness (QED) is 0.855. The first-order valence-electron chi connectivity index (χ1n) is 8.39. The fraction of sp³-hybridized carbons (Fsp3) is 0.556. The van der Waals surface area contributed by atoms with Gasteiger partial charge in [0.2, 0.25) is 0 Å². The lowest BCUT2D eigenvalue weighted by atomic mass is 9.98. The van der Waals surface area contributed by atoms with Crippen molar-refractivity contribution in [3.63, 3.8) is 0 Å². The Hall–Kier alpha value is -1.62. The predicted molar refractivity (Wildman–Crippen MR) is 94.3 cm³/mol. The number of hydrogen-bond acceptors (Lipinski definition) is 3. The van der Waals surface area contributed by atoms with Crippen LogP contribution in [0.1, 0.15) is 58.1 Å². The number of piperidine rings is 1. The lowest BCUT2D eigenvalue weighted by molar-refractivity contribution is 0.0706. The SMILES string of the molecule is CCn1c(C)cc(C(=O)N2CCC[C@@H](c3nc(C)cs3)C2)c1C. The molecular weight excluding hydrogens is 306 g/mol. The minimum atomic E-state index is 0.177. The van der Waals surface area contributed by atoms with Crippen molar-refractivity contribution in [3.8, 4) is 0 Å². The second kappa shape index (κ2) is 6.48. The van der Waals surface area contributed by atoms with Crippen molar-refractivity contribution in [1.29, 1.82) is 0 Å². The number of hydrogen-bond donors (Lipinski definition) is 0. The van der Waals surface area contributed by atoms with Crippen LogP contribution in [0.25, 0.3) is 0 Å². The summed E-state index contributed by atoms with van der Waals surface area (Å²) < 4.78 is 2.21. The van der Waals surface area contributed by atoms with Crippen LogP contribution >= 0.6 is 11.3 Å². The van der Waals surface area contributed by atoms with Gasteiger partial charge in [0.05, 0.1) is 10.6 Å². The highest BCUT2D eigenvalue weighted by atomic mass is 32.1. The van der Waals surface area contributed by atoms with Crippen LogP contribution in [0.5, 0.6) is 0 Å². The third-order valence-electron chi connectivity index (χ3n) is 4.81. The highest BCUT2D eigenvalue weighted by Gasteiger charge is 2.28. The van der Waals surface area contributed by atoms with Crippen LogP contribution in [0.3, 0.4) is 0 Å². The Morgan fingerprint density at radius 3 is 2.78 bits per heavy atom. The molecule has 2 aromatic heterocycles. The lowest BCUT2D eigenvalue weighted by Crippen LogP contribution is -2.39. The molecule has 0 aliphatic carbocycles. The Kier molecular flexibility index (Phi) is 4.57. The Balaban J connectivity index is 1.80. The van der Waals surface area contributed by atoms with Gasteiger partial charge in [0, 0.05) is 48.0 Å². The van der Waals surface area contributed by atoms with E-state index in [1.54, 1.807) is 11.3 Å².